The Labute approximate surface area is 176 Å². The van der Waals surface area contributed by atoms with Crippen LogP contribution in [-0.4, -0.2) is 20.0 Å². The van der Waals surface area contributed by atoms with Gasteiger partial charge in [-0.25, -0.2) is 10.6 Å². The Bertz CT molecular complexity index is 1060. The lowest BCUT2D eigenvalue weighted by Gasteiger charge is -2.11. The third-order valence-corrected chi connectivity index (χ3v) is 5.14. The van der Waals surface area contributed by atoms with E-state index in [-0.39, 0.29) is 5.69 Å². The van der Waals surface area contributed by atoms with E-state index >= 15 is 0 Å². The maximum absolute atomic E-state index is 12.7. The van der Waals surface area contributed by atoms with Crippen LogP contribution in [0.5, 0.6) is 0 Å². The first-order valence-corrected chi connectivity index (χ1v) is 10.2. The highest BCUT2D eigenvalue weighted by atomic mass is 16.1. The monoisotopic (exact) mass is 407 g/mol. The number of aryl methyl sites for hydroxylation is 2. The number of nitrogens with one attached hydrogen (secondary N) is 1. The Morgan fingerprint density at radius 3 is 2.63 bits per heavy atom. The molecule has 0 spiro atoms. The van der Waals surface area contributed by atoms with Crippen LogP contribution in [0.2, 0.25) is 0 Å². The minimum atomic E-state index is 0.0239. The first kappa shape index (κ1) is 21.3. The fourth-order valence-electron chi connectivity index (χ4n) is 3.49. The molecule has 2 heterocycles. The molecule has 5 N–H and O–H groups in total. The first-order valence-electron chi connectivity index (χ1n) is 10.2. The summed E-state index contributed by atoms with van der Waals surface area (Å²) in [7, 11) is 0. The molecule has 8 nitrogen and oxygen atoms in total. The highest BCUT2D eigenvalue weighted by Gasteiger charge is 2.13. The normalized spacial score (nSPS) is 11.6. The van der Waals surface area contributed by atoms with E-state index in [2.05, 4.69) is 22.4 Å². The number of imidazole rings is 1. The number of pyridine rings is 1. The van der Waals surface area contributed by atoms with Crippen LogP contribution in [0.1, 0.15) is 43.5 Å². The van der Waals surface area contributed by atoms with Crippen molar-refractivity contribution in [2.24, 2.45) is 16.8 Å². The van der Waals surface area contributed by atoms with Crippen molar-refractivity contribution in [1.29, 1.82) is 0 Å². The highest BCUT2D eigenvalue weighted by molar-refractivity contribution is 6.03. The minimum Gasteiger partial charge on any atom is -0.321 e. The van der Waals surface area contributed by atoms with E-state index in [1.807, 2.05) is 54.1 Å². The molecule has 158 valence electrons. The molecule has 0 aliphatic heterocycles. The molecule has 0 unspecified atom stereocenters. The van der Waals surface area contributed by atoms with Crippen molar-refractivity contribution in [2.45, 2.75) is 46.2 Å². The Morgan fingerprint density at radius 1 is 1.20 bits per heavy atom. The Morgan fingerprint density at radius 2 is 2.00 bits per heavy atom. The summed E-state index contributed by atoms with van der Waals surface area (Å²) in [5.41, 5.74) is 6.98. The number of hydrogen-bond acceptors (Lipinski definition) is 5. The fraction of sp³-hybridized carbons (Fsp3) is 0.318. The van der Waals surface area contributed by atoms with Gasteiger partial charge in [-0.15, -0.1) is 0 Å². The highest BCUT2D eigenvalue weighted by Crippen LogP contribution is 2.22. The zero-order chi connectivity index (χ0) is 21.5. The molecule has 0 fully saturated rings. The number of nitrogens with zero attached hydrogens (tertiary/aromatic N) is 4. The molecule has 0 bridgehead atoms. The maximum atomic E-state index is 12.7. The molecule has 0 aliphatic rings. The van der Waals surface area contributed by atoms with Gasteiger partial charge >= 0.3 is 5.69 Å². The van der Waals surface area contributed by atoms with E-state index in [1.54, 1.807) is 10.8 Å². The van der Waals surface area contributed by atoms with Crippen molar-refractivity contribution >= 4 is 5.84 Å². The third-order valence-electron chi connectivity index (χ3n) is 5.14. The van der Waals surface area contributed by atoms with Crippen LogP contribution in [0.4, 0.5) is 0 Å². The lowest BCUT2D eigenvalue weighted by Crippen LogP contribution is -2.32. The zero-order valence-corrected chi connectivity index (χ0v) is 17.5. The van der Waals surface area contributed by atoms with E-state index in [1.165, 1.54) is 0 Å². The van der Waals surface area contributed by atoms with Crippen molar-refractivity contribution < 1.29 is 0 Å². The standard InChI is InChI=1S/C22H29N7O/c1-3-5-8-17-15-28(4-2)22(30)29(17)14-16-11-12-20(25-13-16)18-9-6-7-10-19(18)21(26-23)27-24/h6-7,9-13,15H,3-5,8,14,23-24H2,1-2H3,(H,26,27). The fourth-order valence-corrected chi connectivity index (χ4v) is 3.49. The number of aromatic nitrogens is 3. The van der Waals surface area contributed by atoms with Crippen LogP contribution >= 0.6 is 0 Å². The molecule has 8 heteroatoms. The summed E-state index contributed by atoms with van der Waals surface area (Å²) in [4.78, 5) is 17.3. The van der Waals surface area contributed by atoms with Gasteiger partial charge in [-0.2, -0.15) is 5.10 Å². The molecular formula is C22H29N7O. The molecule has 0 saturated heterocycles. The topological polar surface area (TPSA) is 116 Å². The molecule has 1 aromatic carbocycles. The summed E-state index contributed by atoms with van der Waals surface area (Å²) < 4.78 is 3.61. The number of unbranched alkanes of at least 4 members (excludes halogenated alkanes) is 1. The minimum absolute atomic E-state index is 0.0239. The van der Waals surface area contributed by atoms with Crippen LogP contribution in [0.3, 0.4) is 0 Å². The average Bonchev–Trinajstić information content (AvgIpc) is 3.08. The van der Waals surface area contributed by atoms with Gasteiger partial charge in [0.1, 0.15) is 0 Å². The Kier molecular flexibility index (Phi) is 7.03. The predicted octanol–water partition coefficient (Wildman–Crippen LogP) is 2.21. The second kappa shape index (κ2) is 9.89. The quantitative estimate of drug-likeness (QED) is 0.229. The van der Waals surface area contributed by atoms with Gasteiger partial charge in [0.25, 0.3) is 0 Å². The largest absolute Gasteiger partial charge is 0.328 e. The van der Waals surface area contributed by atoms with Crippen LogP contribution in [0.15, 0.2) is 58.7 Å². The van der Waals surface area contributed by atoms with Crippen LogP contribution in [-0.2, 0) is 19.5 Å². The SMILES string of the molecule is CCCCc1cn(CC)c(=O)n1Cc1ccc(-c2ccccc2/C(=N/N)NN)nc1. The van der Waals surface area contributed by atoms with Gasteiger partial charge in [0.2, 0.25) is 0 Å². The lowest BCUT2D eigenvalue weighted by molar-refractivity contribution is 0.646. The molecule has 3 aromatic rings. The number of hydrazine groups is 1. The Hall–Kier alpha value is -3.39. The summed E-state index contributed by atoms with van der Waals surface area (Å²) in [6, 6.07) is 11.6. The predicted molar refractivity (Wildman–Crippen MR) is 120 cm³/mol. The molecule has 0 radical (unpaired) electrons. The van der Waals surface area contributed by atoms with Crippen LogP contribution < -0.4 is 22.8 Å². The third kappa shape index (κ3) is 4.44. The van der Waals surface area contributed by atoms with E-state index in [9.17, 15) is 4.79 Å². The van der Waals surface area contributed by atoms with E-state index in [0.29, 0.717) is 18.9 Å². The van der Waals surface area contributed by atoms with E-state index < -0.39 is 0 Å². The summed E-state index contributed by atoms with van der Waals surface area (Å²) >= 11 is 0. The molecule has 0 amide bonds. The second-order valence-corrected chi connectivity index (χ2v) is 7.10. The molecular weight excluding hydrogens is 378 g/mol. The van der Waals surface area contributed by atoms with E-state index in [4.69, 9.17) is 11.7 Å². The molecule has 0 aliphatic carbocycles. The van der Waals surface area contributed by atoms with Crippen molar-refractivity contribution in [3.05, 3.63) is 76.1 Å². The van der Waals surface area contributed by atoms with Crippen molar-refractivity contribution in [2.75, 3.05) is 0 Å². The average molecular weight is 408 g/mol. The second-order valence-electron chi connectivity index (χ2n) is 7.10. The molecule has 0 atom stereocenters. The number of hydrazone groups is 1. The molecule has 2 aromatic heterocycles. The van der Waals surface area contributed by atoms with Gasteiger partial charge in [0.05, 0.1) is 12.2 Å². The van der Waals surface area contributed by atoms with Gasteiger partial charge in [0, 0.05) is 35.8 Å². The van der Waals surface area contributed by atoms with Crippen LogP contribution in [0.25, 0.3) is 11.3 Å². The van der Waals surface area contributed by atoms with Gasteiger partial charge < -0.3 is 11.3 Å². The molecule has 30 heavy (non-hydrogen) atoms. The number of hydrogen-bond donors (Lipinski definition) is 3. The number of amidine groups is 1. The summed E-state index contributed by atoms with van der Waals surface area (Å²) in [6.45, 7) is 5.30. The summed E-state index contributed by atoms with van der Waals surface area (Å²) in [5, 5.41) is 3.70. The number of benzene rings is 1. The van der Waals surface area contributed by atoms with Crippen molar-refractivity contribution in [1.82, 2.24) is 19.5 Å². The van der Waals surface area contributed by atoms with Gasteiger partial charge in [-0.3, -0.25) is 14.1 Å². The van der Waals surface area contributed by atoms with Gasteiger partial charge in [-0.05, 0) is 31.4 Å². The smallest absolute Gasteiger partial charge is 0.321 e. The van der Waals surface area contributed by atoms with Gasteiger partial charge in [0.15, 0.2) is 5.84 Å². The number of nitrogens with two attached hydrogens (primary N) is 2. The van der Waals surface area contributed by atoms with E-state index in [0.717, 1.165) is 47.3 Å². The summed E-state index contributed by atoms with van der Waals surface area (Å²) in [5.74, 6) is 11.4. The van der Waals surface area contributed by atoms with Crippen LogP contribution in [0, 0.1) is 0 Å². The zero-order valence-electron chi connectivity index (χ0n) is 17.5. The van der Waals surface area contributed by atoms with Crippen molar-refractivity contribution in [3.8, 4) is 11.3 Å². The van der Waals surface area contributed by atoms with Gasteiger partial charge in [-0.1, -0.05) is 43.7 Å². The molecule has 3 rings (SSSR count). The van der Waals surface area contributed by atoms with Crippen molar-refractivity contribution in [3.63, 3.8) is 0 Å². The first-order chi connectivity index (χ1) is 14.6. The maximum Gasteiger partial charge on any atom is 0.328 e. The lowest BCUT2D eigenvalue weighted by atomic mass is 10.0. The molecule has 0 saturated carbocycles. The summed E-state index contributed by atoms with van der Waals surface area (Å²) in [6.07, 6.45) is 6.82. The Balaban J connectivity index is 1.90. The number of rotatable bonds is 8.